The van der Waals surface area contributed by atoms with Gasteiger partial charge in [-0.05, 0) is 26.2 Å². The first-order valence-electron chi connectivity index (χ1n) is 7.01. The van der Waals surface area contributed by atoms with Crippen molar-refractivity contribution in [2.24, 2.45) is 0 Å². The number of aromatic nitrogens is 3. The molecule has 0 radical (unpaired) electrons. The number of hydrogen-bond donors (Lipinski definition) is 1. The Bertz CT molecular complexity index is 430. The van der Waals surface area contributed by atoms with Crippen molar-refractivity contribution in [1.29, 1.82) is 0 Å². The molecular formula is C13H22N4O3. The van der Waals surface area contributed by atoms with Crippen molar-refractivity contribution < 1.29 is 14.2 Å². The first kappa shape index (κ1) is 14.8. The summed E-state index contributed by atoms with van der Waals surface area (Å²) in [7, 11) is 3.48. The van der Waals surface area contributed by atoms with Gasteiger partial charge in [-0.2, -0.15) is 9.97 Å². The Morgan fingerprint density at radius 3 is 2.60 bits per heavy atom. The molecule has 0 aromatic carbocycles. The molecule has 1 N–H and O–H groups in total. The molecule has 1 saturated carbocycles. The van der Waals surface area contributed by atoms with Crippen LogP contribution >= 0.6 is 0 Å². The second-order valence-corrected chi connectivity index (χ2v) is 4.67. The summed E-state index contributed by atoms with van der Waals surface area (Å²) >= 11 is 0. The van der Waals surface area contributed by atoms with Crippen LogP contribution < -0.4 is 14.8 Å². The summed E-state index contributed by atoms with van der Waals surface area (Å²) in [5.41, 5.74) is 0. The van der Waals surface area contributed by atoms with Gasteiger partial charge in [0.1, 0.15) is 6.10 Å². The number of nitrogens with zero attached hydrogens (tertiary/aromatic N) is 3. The Labute approximate surface area is 119 Å². The Kier molecular flexibility index (Phi) is 5.34. The van der Waals surface area contributed by atoms with Gasteiger partial charge in [0.15, 0.2) is 0 Å². The molecule has 7 heteroatoms. The molecule has 7 nitrogen and oxygen atoms in total. The van der Waals surface area contributed by atoms with E-state index in [0.29, 0.717) is 18.6 Å². The minimum absolute atomic E-state index is 0.0790. The average molecular weight is 282 g/mol. The fraction of sp³-hybridized carbons (Fsp3) is 0.769. The lowest BCUT2D eigenvalue weighted by Crippen LogP contribution is -2.30. The van der Waals surface area contributed by atoms with E-state index < -0.39 is 0 Å². The summed E-state index contributed by atoms with van der Waals surface area (Å²) in [6.07, 6.45) is 4.36. The lowest BCUT2D eigenvalue weighted by molar-refractivity contribution is 0.0176. The molecular weight excluding hydrogens is 260 g/mol. The van der Waals surface area contributed by atoms with Gasteiger partial charge in [0, 0.05) is 20.6 Å². The van der Waals surface area contributed by atoms with Crippen LogP contribution in [0.4, 0.5) is 5.95 Å². The molecule has 112 valence electrons. The van der Waals surface area contributed by atoms with Crippen LogP contribution in [0.3, 0.4) is 0 Å². The van der Waals surface area contributed by atoms with E-state index in [1.54, 1.807) is 14.2 Å². The van der Waals surface area contributed by atoms with Gasteiger partial charge in [0.05, 0.1) is 12.7 Å². The molecule has 0 saturated heterocycles. The molecule has 1 aliphatic rings. The van der Waals surface area contributed by atoms with Crippen LogP contribution in [0.1, 0.15) is 32.6 Å². The molecule has 0 spiro atoms. The van der Waals surface area contributed by atoms with E-state index in [-0.39, 0.29) is 18.2 Å². The van der Waals surface area contributed by atoms with Crippen LogP contribution in [0.25, 0.3) is 0 Å². The van der Waals surface area contributed by atoms with Crippen LogP contribution in [0.15, 0.2) is 0 Å². The summed E-state index contributed by atoms with van der Waals surface area (Å²) in [6, 6.07) is 0.579. The maximum absolute atomic E-state index is 5.85. The number of ether oxygens (including phenoxy) is 3. The summed E-state index contributed by atoms with van der Waals surface area (Å²) in [4.78, 5) is 12.5. The molecule has 0 aliphatic heterocycles. The van der Waals surface area contributed by atoms with Gasteiger partial charge in [0.2, 0.25) is 5.95 Å². The predicted octanol–water partition coefficient (Wildman–Crippen LogP) is 1.65. The predicted molar refractivity (Wildman–Crippen MR) is 74.2 cm³/mol. The minimum atomic E-state index is 0.0790. The third kappa shape index (κ3) is 3.93. The van der Waals surface area contributed by atoms with E-state index >= 15 is 0 Å². The summed E-state index contributed by atoms with van der Waals surface area (Å²) in [6.45, 7) is 2.38. The first-order valence-corrected chi connectivity index (χ1v) is 7.01. The molecule has 0 amide bonds. The Morgan fingerprint density at radius 2 is 1.90 bits per heavy atom. The van der Waals surface area contributed by atoms with Crippen LogP contribution in [0.5, 0.6) is 12.0 Å². The molecule has 2 unspecified atom stereocenters. The highest BCUT2D eigenvalue weighted by atomic mass is 16.5. The molecule has 1 aromatic rings. The molecule has 2 rings (SSSR count). The normalized spacial score (nSPS) is 22.4. The van der Waals surface area contributed by atoms with Crippen molar-refractivity contribution in [2.75, 3.05) is 26.1 Å². The largest absolute Gasteiger partial charge is 0.464 e. The van der Waals surface area contributed by atoms with E-state index in [1.807, 2.05) is 6.92 Å². The minimum Gasteiger partial charge on any atom is -0.464 e. The Balaban J connectivity index is 2.05. The average Bonchev–Trinajstić information content (AvgIpc) is 2.47. The summed E-state index contributed by atoms with van der Waals surface area (Å²) < 4.78 is 16.6. The maximum atomic E-state index is 5.85. The summed E-state index contributed by atoms with van der Waals surface area (Å²) in [5, 5.41) is 2.88. The van der Waals surface area contributed by atoms with Crippen LogP contribution in [0, 0.1) is 0 Å². The zero-order chi connectivity index (χ0) is 14.4. The van der Waals surface area contributed by atoms with Gasteiger partial charge in [-0.15, -0.1) is 4.98 Å². The van der Waals surface area contributed by atoms with Gasteiger partial charge in [-0.25, -0.2) is 0 Å². The van der Waals surface area contributed by atoms with Crippen molar-refractivity contribution >= 4 is 5.95 Å². The molecule has 1 fully saturated rings. The molecule has 1 aromatic heterocycles. The van der Waals surface area contributed by atoms with E-state index in [0.717, 1.165) is 25.7 Å². The summed E-state index contributed by atoms with van der Waals surface area (Å²) in [5.74, 6) is 0.442. The lowest BCUT2D eigenvalue weighted by atomic mass is 9.95. The van der Waals surface area contributed by atoms with Crippen molar-refractivity contribution in [3.63, 3.8) is 0 Å². The van der Waals surface area contributed by atoms with E-state index in [4.69, 9.17) is 14.2 Å². The van der Waals surface area contributed by atoms with Crippen LogP contribution in [-0.4, -0.2) is 47.9 Å². The second-order valence-electron chi connectivity index (χ2n) is 4.67. The molecule has 1 heterocycles. The molecule has 20 heavy (non-hydrogen) atoms. The number of anilines is 1. The fourth-order valence-corrected chi connectivity index (χ4v) is 2.27. The van der Waals surface area contributed by atoms with Crippen molar-refractivity contribution in [3.8, 4) is 12.0 Å². The van der Waals surface area contributed by atoms with Gasteiger partial charge in [-0.1, -0.05) is 0 Å². The number of rotatable bonds is 6. The van der Waals surface area contributed by atoms with Crippen LogP contribution in [-0.2, 0) is 4.74 Å². The fourth-order valence-electron chi connectivity index (χ4n) is 2.27. The van der Waals surface area contributed by atoms with Gasteiger partial charge < -0.3 is 19.5 Å². The van der Waals surface area contributed by atoms with E-state index in [1.165, 1.54) is 0 Å². The quantitative estimate of drug-likeness (QED) is 0.849. The third-order valence-corrected chi connectivity index (χ3v) is 3.27. The van der Waals surface area contributed by atoms with Gasteiger partial charge >= 0.3 is 12.0 Å². The topological polar surface area (TPSA) is 78.4 Å². The molecule has 0 bridgehead atoms. The molecule has 1 aliphatic carbocycles. The zero-order valence-corrected chi connectivity index (χ0v) is 12.3. The van der Waals surface area contributed by atoms with Gasteiger partial charge in [0.25, 0.3) is 0 Å². The SMILES string of the molecule is CCOc1nc(NC)nc(OC2CCCC(OC)C2)n1. The highest BCUT2D eigenvalue weighted by Gasteiger charge is 2.24. The van der Waals surface area contributed by atoms with Crippen LogP contribution in [0.2, 0.25) is 0 Å². The monoisotopic (exact) mass is 282 g/mol. The zero-order valence-electron chi connectivity index (χ0n) is 12.3. The molecule has 2 atom stereocenters. The van der Waals surface area contributed by atoms with Gasteiger partial charge in [-0.3, -0.25) is 0 Å². The highest BCUT2D eigenvalue weighted by molar-refractivity contribution is 5.26. The van der Waals surface area contributed by atoms with Crippen molar-refractivity contribution in [1.82, 2.24) is 15.0 Å². The van der Waals surface area contributed by atoms with E-state index in [9.17, 15) is 0 Å². The number of methoxy groups -OCH3 is 1. The van der Waals surface area contributed by atoms with E-state index in [2.05, 4.69) is 20.3 Å². The van der Waals surface area contributed by atoms with Crippen molar-refractivity contribution in [3.05, 3.63) is 0 Å². The van der Waals surface area contributed by atoms with Crippen molar-refractivity contribution in [2.45, 2.75) is 44.8 Å². The smallest absolute Gasteiger partial charge is 0.324 e. The Hall–Kier alpha value is -1.63. The number of nitrogens with one attached hydrogen (secondary N) is 1. The number of hydrogen-bond acceptors (Lipinski definition) is 7. The standard InChI is InChI=1S/C13H22N4O3/c1-4-19-12-15-11(14-2)16-13(17-12)20-10-7-5-6-9(8-10)18-3/h9-10H,4-8H2,1-3H3,(H,14,15,16,17). The highest BCUT2D eigenvalue weighted by Crippen LogP contribution is 2.24. The second kappa shape index (κ2) is 7.23. The lowest BCUT2D eigenvalue weighted by Gasteiger charge is -2.27. The first-order chi connectivity index (χ1) is 9.75. The third-order valence-electron chi connectivity index (χ3n) is 3.27. The maximum Gasteiger partial charge on any atom is 0.324 e. The Morgan fingerprint density at radius 1 is 1.15 bits per heavy atom.